The van der Waals surface area contributed by atoms with E-state index in [1.165, 1.54) is 0 Å². The third-order valence-corrected chi connectivity index (χ3v) is 4.29. The molecule has 1 aromatic heterocycles. The van der Waals surface area contributed by atoms with Gasteiger partial charge in [0.05, 0.1) is 6.20 Å². The molecule has 2 N–H and O–H groups in total. The summed E-state index contributed by atoms with van der Waals surface area (Å²) in [7, 11) is 0. The predicted octanol–water partition coefficient (Wildman–Crippen LogP) is 1.10. The van der Waals surface area contributed by atoms with Gasteiger partial charge in [-0.15, -0.1) is 24.8 Å². The van der Waals surface area contributed by atoms with Gasteiger partial charge >= 0.3 is 0 Å². The molecule has 2 fully saturated rings. The summed E-state index contributed by atoms with van der Waals surface area (Å²) < 4.78 is 0. The fourth-order valence-electron chi connectivity index (χ4n) is 3.11. The number of carbonyl (C=O) groups is 1. The van der Waals surface area contributed by atoms with E-state index in [-0.39, 0.29) is 42.7 Å². The lowest BCUT2D eigenvalue weighted by molar-refractivity contribution is -0.135. The Morgan fingerprint density at radius 1 is 1.14 bits per heavy atom. The minimum atomic E-state index is 0. The number of aromatic nitrogens is 2. The van der Waals surface area contributed by atoms with Crippen LogP contribution in [0.1, 0.15) is 19.3 Å². The second-order valence-electron chi connectivity index (χ2n) is 5.65. The van der Waals surface area contributed by atoms with E-state index in [1.807, 2.05) is 4.90 Å². The number of hydrogen-bond donors (Lipinski definition) is 1. The largest absolute Gasteiger partial charge is 0.352 e. The van der Waals surface area contributed by atoms with Crippen molar-refractivity contribution in [2.24, 2.45) is 11.7 Å². The van der Waals surface area contributed by atoms with E-state index >= 15 is 0 Å². The molecule has 2 heterocycles. The maximum atomic E-state index is 12.4. The van der Waals surface area contributed by atoms with E-state index in [0.29, 0.717) is 0 Å². The number of hydrogen-bond acceptors (Lipinski definition) is 5. The molecule has 1 saturated carbocycles. The van der Waals surface area contributed by atoms with E-state index in [2.05, 4.69) is 14.9 Å². The van der Waals surface area contributed by atoms with Gasteiger partial charge in [0.2, 0.25) is 5.91 Å². The molecule has 1 aliphatic heterocycles. The average molecular weight is 348 g/mol. The van der Waals surface area contributed by atoms with Crippen molar-refractivity contribution in [2.45, 2.75) is 25.3 Å². The summed E-state index contributed by atoms with van der Waals surface area (Å²) in [6, 6.07) is 0.213. The number of nitrogens with zero attached hydrogens (tertiary/aromatic N) is 4. The van der Waals surface area contributed by atoms with Crippen molar-refractivity contribution in [2.75, 3.05) is 31.1 Å². The third kappa shape index (κ3) is 4.21. The number of halogens is 2. The van der Waals surface area contributed by atoms with Crippen molar-refractivity contribution in [3.05, 3.63) is 18.6 Å². The molecular weight excluding hydrogens is 325 g/mol. The highest BCUT2D eigenvalue weighted by atomic mass is 35.5. The van der Waals surface area contributed by atoms with Gasteiger partial charge in [0.25, 0.3) is 0 Å². The van der Waals surface area contributed by atoms with Crippen LogP contribution in [-0.2, 0) is 4.79 Å². The summed E-state index contributed by atoms with van der Waals surface area (Å²) in [6.07, 6.45) is 7.93. The van der Waals surface area contributed by atoms with Gasteiger partial charge in [-0.1, -0.05) is 0 Å². The standard InChI is InChI=1S/C14H21N5O.2ClH/c15-12-2-1-11(9-12)14(20)19-7-5-18(6-8-19)13-10-16-3-4-17-13;;/h3-4,10-12H,1-2,5-9,15H2;2*1H. The summed E-state index contributed by atoms with van der Waals surface area (Å²) in [5, 5.41) is 0. The van der Waals surface area contributed by atoms with Crippen LogP contribution < -0.4 is 10.6 Å². The van der Waals surface area contributed by atoms with Gasteiger partial charge in [0.1, 0.15) is 5.82 Å². The molecule has 8 heteroatoms. The number of nitrogens with two attached hydrogens (primary N) is 1. The first-order valence-electron chi connectivity index (χ1n) is 7.29. The topological polar surface area (TPSA) is 75.4 Å². The van der Waals surface area contributed by atoms with Crippen molar-refractivity contribution in [1.29, 1.82) is 0 Å². The Morgan fingerprint density at radius 3 is 2.41 bits per heavy atom. The molecule has 0 spiro atoms. The van der Waals surface area contributed by atoms with E-state index < -0.39 is 0 Å². The van der Waals surface area contributed by atoms with Gasteiger partial charge in [-0.25, -0.2) is 4.98 Å². The van der Waals surface area contributed by atoms with Crippen molar-refractivity contribution in [3.8, 4) is 0 Å². The lowest BCUT2D eigenvalue weighted by Gasteiger charge is -2.36. The molecule has 0 radical (unpaired) electrons. The summed E-state index contributed by atoms with van der Waals surface area (Å²) in [5.74, 6) is 1.33. The smallest absolute Gasteiger partial charge is 0.225 e. The van der Waals surface area contributed by atoms with Gasteiger partial charge in [-0.05, 0) is 19.3 Å². The highest BCUT2D eigenvalue weighted by Crippen LogP contribution is 2.26. The van der Waals surface area contributed by atoms with Crippen molar-refractivity contribution in [3.63, 3.8) is 0 Å². The monoisotopic (exact) mass is 347 g/mol. The zero-order chi connectivity index (χ0) is 13.9. The van der Waals surface area contributed by atoms with E-state index in [4.69, 9.17) is 5.73 Å². The van der Waals surface area contributed by atoms with Gasteiger partial charge in [-0.2, -0.15) is 0 Å². The molecule has 2 aliphatic rings. The quantitative estimate of drug-likeness (QED) is 0.866. The Bertz CT molecular complexity index is 468. The number of anilines is 1. The molecule has 2 atom stereocenters. The van der Waals surface area contributed by atoms with Crippen LogP contribution in [-0.4, -0.2) is 53.0 Å². The summed E-state index contributed by atoms with van der Waals surface area (Å²) >= 11 is 0. The Kier molecular flexibility index (Phi) is 7.32. The minimum absolute atomic E-state index is 0. The first kappa shape index (κ1) is 18.9. The summed E-state index contributed by atoms with van der Waals surface area (Å²) in [4.78, 5) is 25.0. The van der Waals surface area contributed by atoms with Crippen LogP contribution in [0.4, 0.5) is 5.82 Å². The normalized spacial score (nSPS) is 24.4. The van der Waals surface area contributed by atoms with Gasteiger partial charge < -0.3 is 15.5 Å². The van der Waals surface area contributed by atoms with Crippen LogP contribution in [0.15, 0.2) is 18.6 Å². The number of amides is 1. The first-order valence-corrected chi connectivity index (χ1v) is 7.29. The van der Waals surface area contributed by atoms with E-state index in [0.717, 1.165) is 51.3 Å². The average Bonchev–Trinajstić information content (AvgIpc) is 2.94. The maximum absolute atomic E-state index is 12.4. The van der Waals surface area contributed by atoms with Crippen LogP contribution in [0, 0.1) is 5.92 Å². The Morgan fingerprint density at radius 2 is 1.86 bits per heavy atom. The van der Waals surface area contributed by atoms with Crippen LogP contribution in [0.5, 0.6) is 0 Å². The SMILES string of the molecule is Cl.Cl.NC1CCC(C(=O)N2CCN(c3cnccn3)CC2)C1. The van der Waals surface area contributed by atoms with Crippen LogP contribution in [0.2, 0.25) is 0 Å². The number of piperazine rings is 1. The van der Waals surface area contributed by atoms with Crippen molar-refractivity contribution < 1.29 is 4.79 Å². The lowest BCUT2D eigenvalue weighted by Crippen LogP contribution is -2.50. The molecule has 3 rings (SSSR count). The summed E-state index contributed by atoms with van der Waals surface area (Å²) in [5.41, 5.74) is 5.90. The first-order chi connectivity index (χ1) is 9.74. The van der Waals surface area contributed by atoms with Crippen LogP contribution in [0.3, 0.4) is 0 Å². The second-order valence-corrected chi connectivity index (χ2v) is 5.65. The molecule has 1 aromatic rings. The second kappa shape index (κ2) is 8.50. The molecule has 22 heavy (non-hydrogen) atoms. The highest BCUT2D eigenvalue weighted by Gasteiger charge is 2.32. The molecule has 1 aliphatic carbocycles. The van der Waals surface area contributed by atoms with Gasteiger partial charge in [0, 0.05) is 50.5 Å². The molecule has 1 amide bonds. The Labute approximate surface area is 143 Å². The minimum Gasteiger partial charge on any atom is -0.352 e. The molecule has 0 bridgehead atoms. The fourth-order valence-corrected chi connectivity index (χ4v) is 3.11. The van der Waals surface area contributed by atoms with Crippen molar-refractivity contribution >= 4 is 36.5 Å². The number of rotatable bonds is 2. The zero-order valence-corrected chi connectivity index (χ0v) is 14.1. The molecule has 6 nitrogen and oxygen atoms in total. The Hall–Kier alpha value is -1.11. The van der Waals surface area contributed by atoms with Crippen LogP contribution >= 0.6 is 24.8 Å². The highest BCUT2D eigenvalue weighted by molar-refractivity contribution is 5.85. The maximum Gasteiger partial charge on any atom is 0.225 e. The predicted molar refractivity (Wildman–Crippen MR) is 90.6 cm³/mol. The van der Waals surface area contributed by atoms with E-state index in [1.54, 1.807) is 18.6 Å². The van der Waals surface area contributed by atoms with E-state index in [9.17, 15) is 4.79 Å². The zero-order valence-electron chi connectivity index (χ0n) is 12.4. The fraction of sp³-hybridized carbons (Fsp3) is 0.643. The molecule has 1 saturated heterocycles. The molecule has 124 valence electrons. The van der Waals surface area contributed by atoms with Crippen molar-refractivity contribution in [1.82, 2.24) is 14.9 Å². The lowest BCUT2D eigenvalue weighted by atomic mass is 10.1. The summed E-state index contributed by atoms with van der Waals surface area (Å²) in [6.45, 7) is 3.18. The molecule has 2 unspecified atom stereocenters. The van der Waals surface area contributed by atoms with Gasteiger partial charge in [-0.3, -0.25) is 9.78 Å². The number of carbonyl (C=O) groups excluding carboxylic acids is 1. The molecular formula is C14H23Cl2N5O. The Balaban J connectivity index is 0.00000121. The van der Waals surface area contributed by atoms with Crippen LogP contribution in [0.25, 0.3) is 0 Å². The molecule has 0 aromatic carbocycles. The third-order valence-electron chi connectivity index (χ3n) is 4.29. The van der Waals surface area contributed by atoms with Gasteiger partial charge in [0.15, 0.2) is 0 Å².